The molecule has 3 rings (SSSR count). The van der Waals surface area contributed by atoms with Gasteiger partial charge in [0.15, 0.2) is 5.17 Å². The fourth-order valence-corrected chi connectivity index (χ4v) is 2.87. The van der Waals surface area contributed by atoms with E-state index in [1.165, 1.54) is 23.9 Å². The van der Waals surface area contributed by atoms with Crippen LogP contribution in [0.15, 0.2) is 52.5 Å². The number of carboxylic acids is 1. The molecule has 2 N–H and O–H groups in total. The summed E-state index contributed by atoms with van der Waals surface area (Å²) in [5.41, 5.74) is 2.17. The Bertz CT molecular complexity index is 876. The Labute approximate surface area is 142 Å². The number of aromatic carboxylic acids is 1. The number of carbonyl (C=O) groups excluding carboxylic acids is 1. The Kier molecular flexibility index (Phi) is 4.43. The lowest BCUT2D eigenvalue weighted by Gasteiger charge is -2.03. The highest BCUT2D eigenvalue weighted by Gasteiger charge is 2.24. The van der Waals surface area contributed by atoms with Crippen molar-refractivity contribution in [3.8, 4) is 0 Å². The van der Waals surface area contributed by atoms with Gasteiger partial charge in [-0.25, -0.2) is 9.79 Å². The number of carboxylic acid groups (broad SMARTS) is 1. The molecule has 7 heteroatoms. The SMILES string of the molecule is Cc1ccc(C(=O)O)cc1N=C1NC(=O)/C(=C/c2ccccn2)S1. The predicted molar refractivity (Wildman–Crippen MR) is 93.2 cm³/mol. The zero-order valence-corrected chi connectivity index (χ0v) is 13.5. The van der Waals surface area contributed by atoms with Gasteiger partial charge in [0.1, 0.15) is 0 Å². The number of nitrogens with one attached hydrogen (secondary N) is 1. The third-order valence-corrected chi connectivity index (χ3v) is 4.21. The second-order valence-corrected chi connectivity index (χ2v) is 6.07. The molecule has 120 valence electrons. The van der Waals surface area contributed by atoms with Crippen molar-refractivity contribution in [1.82, 2.24) is 10.3 Å². The molecular weight excluding hydrogens is 326 g/mol. The number of pyridine rings is 1. The second kappa shape index (κ2) is 6.67. The fraction of sp³-hybridized carbons (Fsp3) is 0.0588. The minimum Gasteiger partial charge on any atom is -0.478 e. The molecule has 1 amide bonds. The summed E-state index contributed by atoms with van der Waals surface area (Å²) in [7, 11) is 0. The number of rotatable bonds is 3. The standard InChI is InChI=1S/C17H13N3O3S/c1-10-5-6-11(16(22)23)8-13(10)19-17-20-15(21)14(24-17)9-12-4-2-3-7-18-12/h2-9H,1H3,(H,22,23)(H,19,20,21)/b14-9-. The van der Waals surface area contributed by atoms with Crippen molar-refractivity contribution < 1.29 is 14.7 Å². The van der Waals surface area contributed by atoms with E-state index in [0.29, 0.717) is 21.5 Å². The van der Waals surface area contributed by atoms with Gasteiger partial charge in [-0.15, -0.1) is 0 Å². The summed E-state index contributed by atoms with van der Waals surface area (Å²) in [6.45, 7) is 1.83. The van der Waals surface area contributed by atoms with Crippen LogP contribution < -0.4 is 5.32 Å². The molecule has 0 saturated carbocycles. The summed E-state index contributed by atoms with van der Waals surface area (Å²) in [5, 5.41) is 12.2. The number of amidine groups is 1. The Morgan fingerprint density at radius 2 is 2.17 bits per heavy atom. The van der Waals surface area contributed by atoms with Crippen molar-refractivity contribution in [2.75, 3.05) is 0 Å². The molecule has 1 aliphatic heterocycles. The number of benzene rings is 1. The highest BCUT2D eigenvalue weighted by Crippen LogP contribution is 2.29. The molecule has 0 atom stereocenters. The molecule has 0 spiro atoms. The first-order valence-corrected chi connectivity index (χ1v) is 7.89. The van der Waals surface area contributed by atoms with E-state index in [4.69, 9.17) is 5.11 Å². The molecule has 1 aromatic heterocycles. The highest BCUT2D eigenvalue weighted by atomic mass is 32.2. The maximum atomic E-state index is 12.0. The van der Waals surface area contributed by atoms with Gasteiger partial charge >= 0.3 is 5.97 Å². The van der Waals surface area contributed by atoms with Crippen LogP contribution in [0.3, 0.4) is 0 Å². The number of aromatic nitrogens is 1. The molecule has 6 nitrogen and oxygen atoms in total. The fourth-order valence-electron chi connectivity index (χ4n) is 2.05. The number of aliphatic imine (C=N–C) groups is 1. The Hall–Kier alpha value is -2.93. The number of thioether (sulfide) groups is 1. The first-order chi connectivity index (χ1) is 11.5. The molecule has 2 heterocycles. The van der Waals surface area contributed by atoms with Gasteiger partial charge in [0.25, 0.3) is 5.91 Å². The van der Waals surface area contributed by atoms with Crippen molar-refractivity contribution in [1.29, 1.82) is 0 Å². The average molecular weight is 339 g/mol. The number of carbonyl (C=O) groups is 2. The van der Waals surface area contributed by atoms with E-state index in [1.54, 1.807) is 30.5 Å². The van der Waals surface area contributed by atoms with E-state index in [0.717, 1.165) is 5.56 Å². The van der Waals surface area contributed by atoms with Crippen molar-refractivity contribution in [2.24, 2.45) is 4.99 Å². The summed E-state index contributed by atoms with van der Waals surface area (Å²) < 4.78 is 0. The van der Waals surface area contributed by atoms with Crippen molar-refractivity contribution >= 4 is 40.6 Å². The Balaban J connectivity index is 1.88. The maximum Gasteiger partial charge on any atom is 0.335 e. The average Bonchev–Trinajstić information content (AvgIpc) is 2.90. The van der Waals surface area contributed by atoms with Crippen molar-refractivity contribution in [3.05, 3.63) is 64.3 Å². The third kappa shape index (κ3) is 3.52. The van der Waals surface area contributed by atoms with Gasteiger partial charge in [-0.2, -0.15) is 0 Å². The van der Waals surface area contributed by atoms with Crippen LogP contribution in [0.1, 0.15) is 21.6 Å². The van der Waals surface area contributed by atoms with Gasteiger partial charge in [0, 0.05) is 6.20 Å². The predicted octanol–water partition coefficient (Wildman–Crippen LogP) is 2.98. The van der Waals surface area contributed by atoms with E-state index < -0.39 is 5.97 Å². The summed E-state index contributed by atoms with van der Waals surface area (Å²) in [5.74, 6) is -1.27. The second-order valence-electron chi connectivity index (χ2n) is 5.04. The lowest BCUT2D eigenvalue weighted by atomic mass is 10.1. The normalized spacial score (nSPS) is 17.3. The van der Waals surface area contributed by atoms with E-state index >= 15 is 0 Å². The first-order valence-electron chi connectivity index (χ1n) is 7.07. The van der Waals surface area contributed by atoms with Gasteiger partial charge in [-0.05, 0) is 54.6 Å². The molecule has 0 radical (unpaired) electrons. The first kappa shape index (κ1) is 15.9. The number of hydrogen-bond acceptors (Lipinski definition) is 5. The van der Waals surface area contributed by atoms with Crippen LogP contribution in [0.2, 0.25) is 0 Å². The Morgan fingerprint density at radius 3 is 2.88 bits per heavy atom. The quantitative estimate of drug-likeness (QED) is 0.839. The summed E-state index contributed by atoms with van der Waals surface area (Å²) in [6.07, 6.45) is 3.34. The molecule has 0 bridgehead atoms. The summed E-state index contributed by atoms with van der Waals surface area (Å²) in [4.78, 5) is 32.1. The monoisotopic (exact) mass is 339 g/mol. The zero-order valence-electron chi connectivity index (χ0n) is 12.7. The van der Waals surface area contributed by atoms with E-state index in [2.05, 4.69) is 15.3 Å². The summed E-state index contributed by atoms with van der Waals surface area (Å²) >= 11 is 1.19. The Morgan fingerprint density at radius 1 is 1.33 bits per heavy atom. The van der Waals surface area contributed by atoms with Crippen molar-refractivity contribution in [2.45, 2.75) is 6.92 Å². The van der Waals surface area contributed by atoms with Crippen LogP contribution >= 0.6 is 11.8 Å². The minimum atomic E-state index is -1.02. The van der Waals surface area contributed by atoms with Gasteiger partial charge in [-0.1, -0.05) is 12.1 Å². The molecule has 1 fully saturated rings. The largest absolute Gasteiger partial charge is 0.478 e. The number of hydrogen-bond donors (Lipinski definition) is 2. The molecule has 24 heavy (non-hydrogen) atoms. The van der Waals surface area contributed by atoms with Gasteiger partial charge in [0.2, 0.25) is 0 Å². The number of nitrogens with zero attached hydrogens (tertiary/aromatic N) is 2. The van der Waals surface area contributed by atoms with Crippen LogP contribution in [0.4, 0.5) is 5.69 Å². The molecule has 2 aromatic rings. The topological polar surface area (TPSA) is 91.6 Å². The van der Waals surface area contributed by atoms with Crippen LogP contribution in [0, 0.1) is 6.92 Å². The molecular formula is C17H13N3O3S. The smallest absolute Gasteiger partial charge is 0.335 e. The summed E-state index contributed by atoms with van der Waals surface area (Å²) in [6, 6.07) is 10.1. The number of amides is 1. The van der Waals surface area contributed by atoms with E-state index in [1.807, 2.05) is 13.0 Å². The zero-order chi connectivity index (χ0) is 17.1. The lowest BCUT2D eigenvalue weighted by molar-refractivity contribution is -0.115. The lowest BCUT2D eigenvalue weighted by Crippen LogP contribution is -2.19. The minimum absolute atomic E-state index is 0.151. The van der Waals surface area contributed by atoms with Crippen LogP contribution in [0.25, 0.3) is 6.08 Å². The van der Waals surface area contributed by atoms with E-state index in [9.17, 15) is 9.59 Å². The van der Waals surface area contributed by atoms with Crippen LogP contribution in [-0.2, 0) is 4.79 Å². The van der Waals surface area contributed by atoms with E-state index in [-0.39, 0.29) is 11.5 Å². The highest BCUT2D eigenvalue weighted by molar-refractivity contribution is 8.18. The maximum absolute atomic E-state index is 12.0. The van der Waals surface area contributed by atoms with Crippen LogP contribution in [-0.4, -0.2) is 27.1 Å². The van der Waals surface area contributed by atoms with Gasteiger partial charge < -0.3 is 10.4 Å². The molecule has 1 aliphatic rings. The molecule has 0 unspecified atom stereocenters. The third-order valence-electron chi connectivity index (χ3n) is 3.30. The molecule has 1 aromatic carbocycles. The van der Waals surface area contributed by atoms with Gasteiger partial charge in [-0.3, -0.25) is 9.78 Å². The van der Waals surface area contributed by atoms with Crippen LogP contribution in [0.5, 0.6) is 0 Å². The number of aryl methyl sites for hydroxylation is 1. The molecule has 1 saturated heterocycles. The van der Waals surface area contributed by atoms with Crippen molar-refractivity contribution in [3.63, 3.8) is 0 Å². The molecule has 0 aliphatic carbocycles. The van der Waals surface area contributed by atoms with Gasteiger partial charge in [0.05, 0.1) is 21.8 Å².